The Morgan fingerprint density at radius 3 is 3.40 bits per heavy atom. The van der Waals surface area contributed by atoms with Crippen molar-refractivity contribution >= 4 is 0 Å². The Kier molecular flexibility index (Phi) is 1.50. The van der Waals surface area contributed by atoms with Crippen LogP contribution >= 0.6 is 0 Å². The first-order chi connectivity index (χ1) is 4.97. The molecule has 1 nitrogen and oxygen atoms in total. The molecule has 2 aliphatic rings. The Hall–Kier alpha value is -0.720. The first-order valence-electron chi connectivity index (χ1n) is 4.00. The summed E-state index contributed by atoms with van der Waals surface area (Å²) >= 11 is 0. The van der Waals surface area contributed by atoms with Gasteiger partial charge in [0.05, 0.1) is 6.20 Å². The zero-order chi connectivity index (χ0) is 6.81. The summed E-state index contributed by atoms with van der Waals surface area (Å²) in [5.41, 5.74) is 1.57. The lowest BCUT2D eigenvalue weighted by Crippen LogP contribution is -2.31. The van der Waals surface area contributed by atoms with Gasteiger partial charge in [-0.25, -0.2) is 0 Å². The second-order valence-corrected chi connectivity index (χ2v) is 3.00. The summed E-state index contributed by atoms with van der Waals surface area (Å²) in [7, 11) is 0. The van der Waals surface area contributed by atoms with Gasteiger partial charge in [0.25, 0.3) is 0 Å². The van der Waals surface area contributed by atoms with E-state index in [4.69, 9.17) is 0 Å². The van der Waals surface area contributed by atoms with Crippen molar-refractivity contribution in [1.82, 2.24) is 5.32 Å². The van der Waals surface area contributed by atoms with Gasteiger partial charge in [0, 0.05) is 6.04 Å². The van der Waals surface area contributed by atoms with Crippen LogP contribution in [0.2, 0.25) is 0 Å². The van der Waals surface area contributed by atoms with Crippen LogP contribution in [0.15, 0.2) is 17.7 Å². The number of hydrogen-bond acceptors (Lipinski definition) is 1. The van der Waals surface area contributed by atoms with E-state index >= 15 is 0 Å². The van der Waals surface area contributed by atoms with Gasteiger partial charge in [-0.05, 0) is 30.9 Å². The number of hydrogen-bond donors (Lipinski definition) is 1. The van der Waals surface area contributed by atoms with Gasteiger partial charge >= 0.3 is 0 Å². The molecule has 53 valence electrons. The molecule has 1 heteroatoms. The molecule has 10 heavy (non-hydrogen) atoms. The monoisotopic (exact) mass is 134 g/mol. The first kappa shape index (κ1) is 6.02. The fraction of sp³-hybridized carbons (Fsp3) is 0.556. The van der Waals surface area contributed by atoms with E-state index in [0.29, 0.717) is 6.04 Å². The van der Waals surface area contributed by atoms with Crippen LogP contribution in [0.3, 0.4) is 0 Å². The van der Waals surface area contributed by atoms with Crippen LogP contribution in [-0.2, 0) is 0 Å². The normalized spacial score (nSPS) is 30.4. The number of fused-ring (bicyclic) bond motifs is 1. The Labute approximate surface area is 61.8 Å². The fourth-order valence-electron chi connectivity index (χ4n) is 1.70. The van der Waals surface area contributed by atoms with Crippen LogP contribution in [0.25, 0.3) is 0 Å². The predicted molar refractivity (Wildman–Crippen MR) is 41.3 cm³/mol. The van der Waals surface area contributed by atoms with Crippen molar-refractivity contribution in [3.8, 4) is 0 Å². The lowest BCUT2D eigenvalue weighted by Gasteiger charge is -2.27. The molecule has 1 unspecified atom stereocenters. The summed E-state index contributed by atoms with van der Waals surface area (Å²) in [6.45, 7) is 0. The topological polar surface area (TPSA) is 12.0 Å². The minimum absolute atomic E-state index is 0.624. The standard InChI is InChI=1S/C9H12N/c1-2-6-9-8(4-1)5-3-7-10-9/h3,5,9-10H,1-2,4,6H2. The van der Waals surface area contributed by atoms with Gasteiger partial charge in [0.1, 0.15) is 0 Å². The largest absolute Gasteiger partial charge is 0.377 e. The molecule has 0 spiro atoms. The smallest absolute Gasteiger partial charge is 0.0580 e. The quantitative estimate of drug-likeness (QED) is 0.532. The zero-order valence-corrected chi connectivity index (χ0v) is 6.06. The molecular weight excluding hydrogens is 122 g/mol. The summed E-state index contributed by atoms with van der Waals surface area (Å²) in [4.78, 5) is 0. The van der Waals surface area contributed by atoms with E-state index in [1.807, 2.05) is 6.08 Å². The SMILES string of the molecule is [C]1=CC=C2CCCCC2N1. The minimum Gasteiger partial charge on any atom is -0.377 e. The molecule has 1 N–H and O–H groups in total. The molecule has 0 saturated heterocycles. The van der Waals surface area contributed by atoms with E-state index in [1.165, 1.54) is 25.7 Å². The average molecular weight is 134 g/mol. The maximum Gasteiger partial charge on any atom is 0.0580 e. The van der Waals surface area contributed by atoms with Crippen LogP contribution in [0.1, 0.15) is 25.7 Å². The van der Waals surface area contributed by atoms with Gasteiger partial charge in [-0.15, -0.1) is 0 Å². The number of dihydropyridines is 1. The van der Waals surface area contributed by atoms with Crippen LogP contribution in [-0.4, -0.2) is 6.04 Å². The highest BCUT2D eigenvalue weighted by Crippen LogP contribution is 2.24. The van der Waals surface area contributed by atoms with Crippen molar-refractivity contribution in [3.63, 3.8) is 0 Å². The Morgan fingerprint density at radius 1 is 1.50 bits per heavy atom. The summed E-state index contributed by atoms with van der Waals surface area (Å²) in [5, 5.41) is 3.25. The van der Waals surface area contributed by atoms with Gasteiger partial charge in [-0.3, -0.25) is 0 Å². The molecule has 1 heterocycles. The lowest BCUT2D eigenvalue weighted by atomic mass is 9.89. The van der Waals surface area contributed by atoms with Crippen molar-refractivity contribution < 1.29 is 0 Å². The summed E-state index contributed by atoms with van der Waals surface area (Å²) in [6.07, 6.45) is 12.6. The van der Waals surface area contributed by atoms with E-state index in [2.05, 4.69) is 17.6 Å². The molecule has 1 aliphatic carbocycles. The average Bonchev–Trinajstić information content (AvgIpc) is 2.05. The summed E-state index contributed by atoms with van der Waals surface area (Å²) in [5.74, 6) is 0. The third-order valence-electron chi connectivity index (χ3n) is 2.29. The predicted octanol–water partition coefficient (Wildman–Crippen LogP) is 1.78. The second-order valence-electron chi connectivity index (χ2n) is 3.00. The third-order valence-corrected chi connectivity index (χ3v) is 2.29. The molecule has 0 aromatic rings. The molecule has 1 fully saturated rings. The fourth-order valence-corrected chi connectivity index (χ4v) is 1.70. The molecule has 1 radical (unpaired) electrons. The number of allylic oxidation sites excluding steroid dienone is 2. The molecule has 0 aromatic heterocycles. The van der Waals surface area contributed by atoms with Crippen LogP contribution in [0.5, 0.6) is 0 Å². The molecule has 1 aliphatic heterocycles. The van der Waals surface area contributed by atoms with E-state index in [9.17, 15) is 0 Å². The highest BCUT2D eigenvalue weighted by atomic mass is 14.9. The van der Waals surface area contributed by atoms with E-state index in [0.717, 1.165) is 0 Å². The Bertz CT molecular complexity index is 179. The van der Waals surface area contributed by atoms with E-state index in [-0.39, 0.29) is 0 Å². The zero-order valence-electron chi connectivity index (χ0n) is 6.06. The van der Waals surface area contributed by atoms with E-state index in [1.54, 1.807) is 5.57 Å². The maximum absolute atomic E-state index is 3.25. The van der Waals surface area contributed by atoms with Gasteiger partial charge in [0.2, 0.25) is 0 Å². The summed E-state index contributed by atoms with van der Waals surface area (Å²) in [6, 6.07) is 0.624. The van der Waals surface area contributed by atoms with Crippen LogP contribution in [0, 0.1) is 6.20 Å². The van der Waals surface area contributed by atoms with Crippen molar-refractivity contribution in [2.24, 2.45) is 0 Å². The Balaban J connectivity index is 2.14. The van der Waals surface area contributed by atoms with Crippen LogP contribution in [0.4, 0.5) is 0 Å². The molecule has 1 saturated carbocycles. The van der Waals surface area contributed by atoms with Crippen molar-refractivity contribution in [1.29, 1.82) is 0 Å². The molecule has 1 atom stereocenters. The van der Waals surface area contributed by atoms with Gasteiger partial charge in [0.15, 0.2) is 0 Å². The van der Waals surface area contributed by atoms with Crippen LogP contribution < -0.4 is 5.32 Å². The van der Waals surface area contributed by atoms with Gasteiger partial charge in [-0.1, -0.05) is 12.5 Å². The molecule has 2 rings (SSSR count). The minimum atomic E-state index is 0.624. The third kappa shape index (κ3) is 0.962. The number of nitrogens with one attached hydrogen (secondary N) is 1. The highest BCUT2D eigenvalue weighted by molar-refractivity contribution is 5.22. The second kappa shape index (κ2) is 2.49. The van der Waals surface area contributed by atoms with Crippen molar-refractivity contribution in [3.05, 3.63) is 23.9 Å². The molecule has 0 bridgehead atoms. The lowest BCUT2D eigenvalue weighted by molar-refractivity contribution is 0.485. The number of rotatable bonds is 0. The highest BCUT2D eigenvalue weighted by Gasteiger charge is 2.17. The first-order valence-corrected chi connectivity index (χ1v) is 4.00. The Morgan fingerprint density at radius 2 is 2.50 bits per heavy atom. The van der Waals surface area contributed by atoms with Crippen molar-refractivity contribution in [2.45, 2.75) is 31.7 Å². The molecule has 0 amide bonds. The molecule has 0 aromatic carbocycles. The van der Waals surface area contributed by atoms with Gasteiger partial charge in [-0.2, -0.15) is 0 Å². The summed E-state index contributed by atoms with van der Waals surface area (Å²) < 4.78 is 0. The molecular formula is C9H12N. The van der Waals surface area contributed by atoms with E-state index < -0.39 is 0 Å². The van der Waals surface area contributed by atoms with Crippen molar-refractivity contribution in [2.75, 3.05) is 0 Å². The maximum atomic E-state index is 3.25. The van der Waals surface area contributed by atoms with Gasteiger partial charge < -0.3 is 5.32 Å².